The van der Waals surface area contributed by atoms with Crippen molar-refractivity contribution in [1.82, 2.24) is 25.4 Å². The molecule has 1 aliphatic heterocycles. The summed E-state index contributed by atoms with van der Waals surface area (Å²) in [7, 11) is 0. The largest absolute Gasteiger partial charge is 0.484 e. The highest BCUT2D eigenvalue weighted by Crippen LogP contribution is 2.37. The molecule has 3 heterocycles. The van der Waals surface area contributed by atoms with Crippen molar-refractivity contribution >= 4 is 11.8 Å². The number of alkyl halides is 5. The van der Waals surface area contributed by atoms with Crippen molar-refractivity contribution in [3.63, 3.8) is 0 Å². The minimum absolute atomic E-state index is 0.00135. The van der Waals surface area contributed by atoms with Crippen LogP contribution in [0.25, 0.3) is 5.82 Å². The van der Waals surface area contributed by atoms with Crippen molar-refractivity contribution in [2.45, 2.75) is 56.3 Å². The van der Waals surface area contributed by atoms with Gasteiger partial charge in [0.05, 0.1) is 16.8 Å². The number of pyridine rings is 1. The van der Waals surface area contributed by atoms with E-state index in [4.69, 9.17) is 10.00 Å². The minimum atomic E-state index is -4.46. The van der Waals surface area contributed by atoms with E-state index in [1.807, 2.05) is 6.07 Å². The van der Waals surface area contributed by atoms with Crippen LogP contribution in [-0.4, -0.2) is 57.4 Å². The number of hydrogen-bond acceptors (Lipinski definition) is 6. The van der Waals surface area contributed by atoms with E-state index in [1.165, 1.54) is 35.1 Å². The normalized spacial score (nSPS) is 18.0. The summed E-state index contributed by atoms with van der Waals surface area (Å²) in [5, 5.41) is 18.9. The lowest BCUT2D eigenvalue weighted by Gasteiger charge is -2.35. The van der Waals surface area contributed by atoms with Crippen LogP contribution in [0.3, 0.4) is 0 Å². The Kier molecular flexibility index (Phi) is 7.37. The number of aryl methyl sites for hydroxylation is 1. The zero-order valence-electron chi connectivity index (χ0n) is 21.3. The number of carbonyl (C=O) groups is 2. The summed E-state index contributed by atoms with van der Waals surface area (Å²) in [5.74, 6) is -3.97. The second-order valence-corrected chi connectivity index (χ2v) is 10.00. The molecule has 1 fully saturated rings. The van der Waals surface area contributed by atoms with E-state index in [1.54, 1.807) is 12.1 Å². The van der Waals surface area contributed by atoms with Gasteiger partial charge in [-0.2, -0.15) is 23.5 Å². The third-order valence-corrected chi connectivity index (χ3v) is 6.78. The zero-order chi connectivity index (χ0) is 29.4. The van der Waals surface area contributed by atoms with E-state index in [0.29, 0.717) is 24.1 Å². The Morgan fingerprint density at radius 1 is 1.24 bits per heavy atom. The molecule has 1 aromatic carbocycles. The molecule has 1 saturated carbocycles. The fraction of sp³-hybridized carbons (Fsp3) is 0.370. The van der Waals surface area contributed by atoms with Crippen molar-refractivity contribution in [2.75, 3.05) is 6.61 Å². The lowest BCUT2D eigenvalue weighted by Crippen LogP contribution is -2.51. The molecule has 9 nitrogen and oxygen atoms in total. The Labute approximate surface area is 230 Å². The third kappa shape index (κ3) is 6.45. The molecule has 2 aromatic heterocycles. The predicted octanol–water partition coefficient (Wildman–Crippen LogP) is 3.89. The Bertz CT molecular complexity index is 1510. The van der Waals surface area contributed by atoms with Crippen LogP contribution in [0.5, 0.6) is 5.75 Å². The first kappa shape index (κ1) is 28.0. The van der Waals surface area contributed by atoms with Crippen LogP contribution in [-0.2, 0) is 12.8 Å². The number of aromatic nitrogens is 3. The first-order valence-corrected chi connectivity index (χ1v) is 12.7. The summed E-state index contributed by atoms with van der Waals surface area (Å²) in [5.41, 5.74) is 1.11. The summed E-state index contributed by atoms with van der Waals surface area (Å²) in [6.07, 6.45) is -3.16. The van der Waals surface area contributed by atoms with E-state index in [-0.39, 0.29) is 34.8 Å². The number of carbonyl (C=O) groups excluding carboxylic acids is 2. The molecule has 1 aliphatic carbocycles. The first-order valence-electron chi connectivity index (χ1n) is 12.7. The van der Waals surface area contributed by atoms with Crippen LogP contribution in [0.15, 0.2) is 42.6 Å². The maximum Gasteiger partial charge on any atom is 0.422 e. The number of nitriles is 1. The van der Waals surface area contributed by atoms with Gasteiger partial charge in [-0.05, 0) is 42.7 Å². The molecule has 3 aromatic rings. The van der Waals surface area contributed by atoms with E-state index < -0.39 is 55.4 Å². The summed E-state index contributed by atoms with van der Waals surface area (Å²) in [6.45, 7) is -1.41. The Balaban J connectivity index is 1.35. The second kappa shape index (κ2) is 10.8. The van der Waals surface area contributed by atoms with Gasteiger partial charge in [-0.1, -0.05) is 12.1 Å². The zero-order valence-corrected chi connectivity index (χ0v) is 21.3. The van der Waals surface area contributed by atoms with Gasteiger partial charge < -0.3 is 15.4 Å². The summed E-state index contributed by atoms with van der Waals surface area (Å²) < 4.78 is 70.1. The van der Waals surface area contributed by atoms with Crippen molar-refractivity contribution in [3.05, 3.63) is 70.7 Å². The third-order valence-electron chi connectivity index (χ3n) is 6.78. The lowest BCUT2D eigenvalue weighted by atomic mass is 9.88. The van der Waals surface area contributed by atoms with Gasteiger partial charge in [0.1, 0.15) is 17.5 Å². The maximum atomic E-state index is 13.4. The van der Waals surface area contributed by atoms with Crippen LogP contribution in [0.1, 0.15) is 56.9 Å². The molecular weight excluding hydrogens is 551 g/mol. The van der Waals surface area contributed by atoms with Gasteiger partial charge in [0.2, 0.25) is 0 Å². The van der Waals surface area contributed by atoms with Gasteiger partial charge >= 0.3 is 6.18 Å². The second-order valence-electron chi connectivity index (χ2n) is 10.00. The van der Waals surface area contributed by atoms with Gasteiger partial charge in [0.15, 0.2) is 12.4 Å². The SMILES string of the molecule is N#Cc1ccc(-n2nc3c(c2C(=O)NC2CC(F)(F)C2)C(=O)NC(CCc2cccc(OCC(F)(F)F)c2)C3)nc1. The van der Waals surface area contributed by atoms with Crippen molar-refractivity contribution in [2.24, 2.45) is 0 Å². The van der Waals surface area contributed by atoms with Crippen LogP contribution in [0.2, 0.25) is 0 Å². The molecular formula is C27H23F5N6O3. The highest BCUT2D eigenvalue weighted by molar-refractivity contribution is 6.08. The monoisotopic (exact) mass is 574 g/mol. The number of nitrogens with zero attached hydrogens (tertiary/aromatic N) is 4. The molecule has 2 amide bonds. The lowest BCUT2D eigenvalue weighted by molar-refractivity contribution is -0.153. The average molecular weight is 575 g/mol. The highest BCUT2D eigenvalue weighted by Gasteiger charge is 2.47. The number of ether oxygens (including phenoxy) is 1. The van der Waals surface area contributed by atoms with Crippen molar-refractivity contribution in [1.29, 1.82) is 5.26 Å². The Hall–Kier alpha value is -4.54. The molecule has 1 atom stereocenters. The standard InChI is InChI=1S/C27H23F5N6O3/c28-26(29)10-18(11-26)36-25(40)23-22-20(37-38(23)21-7-5-16(12-33)13-34-21)9-17(35-24(22)39)6-4-15-2-1-3-19(8-15)41-14-27(30,31)32/h1-3,5,7-8,13,17-18H,4,6,9-11,14H2,(H,35,39)(H,36,40). The minimum Gasteiger partial charge on any atom is -0.484 e. The van der Waals surface area contributed by atoms with Crippen LogP contribution < -0.4 is 15.4 Å². The maximum absolute atomic E-state index is 13.4. The Morgan fingerprint density at radius 2 is 2.02 bits per heavy atom. The molecule has 14 heteroatoms. The molecule has 0 bridgehead atoms. The summed E-state index contributed by atoms with van der Waals surface area (Å²) in [4.78, 5) is 30.6. The average Bonchev–Trinajstić information content (AvgIpc) is 3.30. The van der Waals surface area contributed by atoms with Crippen LogP contribution in [0.4, 0.5) is 22.0 Å². The van der Waals surface area contributed by atoms with Gasteiger partial charge in [-0.25, -0.2) is 18.4 Å². The summed E-state index contributed by atoms with van der Waals surface area (Å²) >= 11 is 0. The molecule has 214 valence electrons. The fourth-order valence-electron chi connectivity index (χ4n) is 4.83. The Morgan fingerprint density at radius 3 is 2.68 bits per heavy atom. The van der Waals surface area contributed by atoms with Crippen molar-refractivity contribution < 1.29 is 36.3 Å². The number of nitrogens with one attached hydrogen (secondary N) is 2. The van der Waals surface area contributed by atoms with E-state index in [2.05, 4.69) is 20.7 Å². The number of rotatable bonds is 8. The van der Waals surface area contributed by atoms with Gasteiger partial charge in [-0.15, -0.1) is 0 Å². The fourth-order valence-corrected chi connectivity index (χ4v) is 4.83. The van der Waals surface area contributed by atoms with Gasteiger partial charge in [-0.3, -0.25) is 9.59 Å². The molecule has 0 saturated heterocycles. The molecule has 0 radical (unpaired) electrons. The van der Waals surface area contributed by atoms with E-state index >= 15 is 0 Å². The van der Waals surface area contributed by atoms with E-state index in [9.17, 15) is 31.5 Å². The molecule has 2 N–H and O–H groups in total. The number of fused-ring (bicyclic) bond motifs is 1. The quantitative estimate of drug-likeness (QED) is 0.394. The predicted molar refractivity (Wildman–Crippen MR) is 133 cm³/mol. The topological polar surface area (TPSA) is 122 Å². The number of amides is 2. The van der Waals surface area contributed by atoms with Crippen LogP contribution in [0, 0.1) is 11.3 Å². The molecule has 0 spiro atoms. The molecule has 41 heavy (non-hydrogen) atoms. The summed E-state index contributed by atoms with van der Waals surface area (Å²) in [6, 6.07) is 9.91. The van der Waals surface area contributed by atoms with E-state index in [0.717, 1.165) is 0 Å². The van der Waals surface area contributed by atoms with Crippen LogP contribution >= 0.6 is 0 Å². The highest BCUT2D eigenvalue weighted by atomic mass is 19.4. The molecule has 5 rings (SSSR count). The molecule has 1 unspecified atom stereocenters. The van der Waals surface area contributed by atoms with Gasteiger partial charge in [0.25, 0.3) is 17.7 Å². The van der Waals surface area contributed by atoms with Crippen molar-refractivity contribution in [3.8, 4) is 17.6 Å². The van der Waals surface area contributed by atoms with Gasteiger partial charge in [0, 0.05) is 37.5 Å². The molecule has 2 aliphatic rings. The first-order chi connectivity index (χ1) is 19.4. The smallest absolute Gasteiger partial charge is 0.422 e. The number of halogens is 5. The number of hydrogen-bond donors (Lipinski definition) is 2. The number of benzene rings is 1.